The maximum absolute atomic E-state index is 5.30. The van der Waals surface area contributed by atoms with Gasteiger partial charge in [-0.3, -0.25) is 5.43 Å². The number of methoxy groups -OCH3 is 2. The molecule has 19 heavy (non-hydrogen) atoms. The first kappa shape index (κ1) is 13.8. The number of nitrogens with one attached hydrogen (secondary N) is 1. The van der Waals surface area contributed by atoms with Gasteiger partial charge in [-0.1, -0.05) is 0 Å². The molecule has 1 heterocycles. The Kier molecular flexibility index (Phi) is 4.75. The van der Waals surface area contributed by atoms with Crippen molar-refractivity contribution in [2.75, 3.05) is 19.6 Å². The topological polar surface area (TPSA) is 55.7 Å². The number of hydrazone groups is 1. The highest BCUT2D eigenvalue weighted by Gasteiger charge is 2.11. The smallest absolute Gasteiger partial charge is 0.203 e. The molecule has 0 amide bonds. The van der Waals surface area contributed by atoms with Gasteiger partial charge in [-0.15, -0.1) is 11.3 Å². The highest BCUT2D eigenvalue weighted by molar-refractivity contribution is 9.10. The second kappa shape index (κ2) is 6.53. The molecule has 1 N–H and O–H groups in total. The number of benzene rings is 1. The fourth-order valence-electron chi connectivity index (χ4n) is 1.44. The molecule has 0 aliphatic carbocycles. The van der Waals surface area contributed by atoms with Gasteiger partial charge in [-0.05, 0) is 28.1 Å². The van der Waals surface area contributed by atoms with Crippen molar-refractivity contribution in [2.24, 2.45) is 5.10 Å². The predicted octanol–water partition coefficient (Wildman–Crippen LogP) is 3.37. The average Bonchev–Trinajstić information content (AvgIpc) is 2.93. The molecule has 2 aromatic rings. The van der Waals surface area contributed by atoms with E-state index in [1.165, 1.54) is 11.3 Å². The molecule has 0 saturated carbocycles. The third kappa shape index (κ3) is 3.24. The van der Waals surface area contributed by atoms with Gasteiger partial charge in [-0.25, -0.2) is 4.98 Å². The number of rotatable bonds is 5. The lowest BCUT2D eigenvalue weighted by molar-refractivity contribution is 0.353. The quantitative estimate of drug-likeness (QED) is 0.669. The Hall–Kier alpha value is -1.60. The number of thiazole rings is 1. The van der Waals surface area contributed by atoms with Crippen LogP contribution in [0.25, 0.3) is 0 Å². The lowest BCUT2D eigenvalue weighted by atomic mass is 10.2. The SMILES string of the molecule is COc1ccc(/C=N\Nc2nccs2)c(Br)c1OC. The second-order valence-electron chi connectivity index (χ2n) is 3.41. The average molecular weight is 342 g/mol. The van der Waals surface area contributed by atoms with Crippen LogP contribution in [0.2, 0.25) is 0 Å². The zero-order valence-electron chi connectivity index (χ0n) is 10.4. The van der Waals surface area contributed by atoms with E-state index in [-0.39, 0.29) is 0 Å². The third-order valence-electron chi connectivity index (χ3n) is 2.31. The number of anilines is 1. The van der Waals surface area contributed by atoms with Crippen LogP contribution in [0.4, 0.5) is 5.13 Å². The summed E-state index contributed by atoms with van der Waals surface area (Å²) in [6, 6.07) is 3.72. The highest BCUT2D eigenvalue weighted by atomic mass is 79.9. The number of aromatic nitrogens is 1. The van der Waals surface area contributed by atoms with Crippen molar-refractivity contribution in [2.45, 2.75) is 0 Å². The molecule has 0 saturated heterocycles. The zero-order chi connectivity index (χ0) is 13.7. The summed E-state index contributed by atoms with van der Waals surface area (Å²) in [7, 11) is 3.19. The van der Waals surface area contributed by atoms with Crippen LogP contribution in [0.3, 0.4) is 0 Å². The fraction of sp³-hybridized carbons (Fsp3) is 0.167. The van der Waals surface area contributed by atoms with E-state index < -0.39 is 0 Å². The van der Waals surface area contributed by atoms with Crippen LogP contribution < -0.4 is 14.9 Å². The highest BCUT2D eigenvalue weighted by Crippen LogP contribution is 2.36. The predicted molar refractivity (Wildman–Crippen MR) is 80.6 cm³/mol. The molecular formula is C12H12BrN3O2S. The van der Waals surface area contributed by atoms with Crippen molar-refractivity contribution in [1.82, 2.24) is 4.98 Å². The van der Waals surface area contributed by atoms with Crippen molar-refractivity contribution in [3.63, 3.8) is 0 Å². The Balaban J connectivity index is 2.18. The molecule has 0 unspecified atom stereocenters. The number of hydrogen-bond donors (Lipinski definition) is 1. The Morgan fingerprint density at radius 3 is 2.84 bits per heavy atom. The molecule has 0 radical (unpaired) electrons. The minimum Gasteiger partial charge on any atom is -0.493 e. The van der Waals surface area contributed by atoms with Gasteiger partial charge in [0.25, 0.3) is 0 Å². The van der Waals surface area contributed by atoms with Crippen molar-refractivity contribution in [1.29, 1.82) is 0 Å². The normalized spacial score (nSPS) is 10.7. The van der Waals surface area contributed by atoms with Gasteiger partial charge in [0.2, 0.25) is 5.13 Å². The molecule has 0 bridgehead atoms. The number of nitrogens with zero attached hydrogens (tertiary/aromatic N) is 2. The van der Waals surface area contributed by atoms with E-state index in [9.17, 15) is 0 Å². The summed E-state index contributed by atoms with van der Waals surface area (Å²) in [6.45, 7) is 0. The zero-order valence-corrected chi connectivity index (χ0v) is 12.8. The van der Waals surface area contributed by atoms with Crippen LogP contribution in [-0.4, -0.2) is 25.4 Å². The van der Waals surface area contributed by atoms with Crippen molar-refractivity contribution in [3.05, 3.63) is 33.7 Å². The van der Waals surface area contributed by atoms with Crippen LogP contribution >= 0.6 is 27.3 Å². The lowest BCUT2D eigenvalue weighted by Gasteiger charge is -2.10. The van der Waals surface area contributed by atoms with E-state index in [1.54, 1.807) is 26.6 Å². The number of halogens is 1. The molecule has 100 valence electrons. The maximum atomic E-state index is 5.30. The first-order valence-corrected chi connectivity index (χ1v) is 7.02. The molecule has 5 nitrogen and oxygen atoms in total. The summed E-state index contributed by atoms with van der Waals surface area (Å²) in [5, 5.41) is 6.74. The molecule has 7 heteroatoms. The molecular weight excluding hydrogens is 330 g/mol. The van der Waals surface area contributed by atoms with Crippen molar-refractivity contribution in [3.8, 4) is 11.5 Å². The van der Waals surface area contributed by atoms with E-state index in [0.29, 0.717) is 11.5 Å². The van der Waals surface area contributed by atoms with Gasteiger partial charge in [0, 0.05) is 17.1 Å². The molecule has 0 aliphatic rings. The molecule has 2 rings (SSSR count). The minimum absolute atomic E-state index is 0.640. The Morgan fingerprint density at radius 2 is 2.21 bits per heavy atom. The van der Waals surface area contributed by atoms with Crippen LogP contribution in [0, 0.1) is 0 Å². The van der Waals surface area contributed by atoms with Crippen LogP contribution in [0.1, 0.15) is 5.56 Å². The Labute approximate surface area is 123 Å². The maximum Gasteiger partial charge on any atom is 0.203 e. The van der Waals surface area contributed by atoms with Gasteiger partial charge < -0.3 is 9.47 Å². The summed E-state index contributed by atoms with van der Waals surface area (Å²) < 4.78 is 11.3. The first-order chi connectivity index (χ1) is 9.26. The fourth-order valence-corrected chi connectivity index (χ4v) is 2.51. The van der Waals surface area contributed by atoms with Gasteiger partial charge >= 0.3 is 0 Å². The summed E-state index contributed by atoms with van der Waals surface area (Å²) in [4.78, 5) is 4.07. The number of hydrogen-bond acceptors (Lipinski definition) is 6. The standard InChI is InChI=1S/C12H12BrN3O2S/c1-17-9-4-3-8(10(13)11(9)18-2)7-15-16-12-14-5-6-19-12/h3-7H,1-2H3,(H,14,16)/b15-7-. The number of ether oxygens (including phenoxy) is 2. The van der Waals surface area contributed by atoms with Crippen molar-refractivity contribution >= 4 is 38.6 Å². The Morgan fingerprint density at radius 1 is 1.37 bits per heavy atom. The molecule has 0 spiro atoms. The largest absolute Gasteiger partial charge is 0.493 e. The second-order valence-corrected chi connectivity index (χ2v) is 5.10. The minimum atomic E-state index is 0.640. The van der Waals surface area contributed by atoms with Gasteiger partial charge in [0.1, 0.15) is 0 Å². The summed E-state index contributed by atoms with van der Waals surface area (Å²) in [5.41, 5.74) is 3.73. The molecule has 1 aromatic heterocycles. The molecule has 0 atom stereocenters. The van der Waals surface area contributed by atoms with Gasteiger partial charge in [0.05, 0.1) is 24.9 Å². The molecule has 0 aliphatic heterocycles. The monoisotopic (exact) mass is 341 g/mol. The first-order valence-electron chi connectivity index (χ1n) is 5.35. The third-order valence-corrected chi connectivity index (χ3v) is 3.81. The van der Waals surface area contributed by atoms with E-state index in [1.807, 2.05) is 17.5 Å². The summed E-state index contributed by atoms with van der Waals surface area (Å²) in [5.74, 6) is 1.31. The summed E-state index contributed by atoms with van der Waals surface area (Å²) >= 11 is 4.96. The van der Waals surface area contributed by atoms with Crippen LogP contribution in [-0.2, 0) is 0 Å². The van der Waals surface area contributed by atoms with E-state index >= 15 is 0 Å². The van der Waals surface area contributed by atoms with E-state index in [2.05, 4.69) is 31.4 Å². The Bertz CT molecular complexity index is 573. The van der Waals surface area contributed by atoms with E-state index in [0.717, 1.165) is 15.2 Å². The molecule has 0 fully saturated rings. The van der Waals surface area contributed by atoms with Crippen LogP contribution in [0.5, 0.6) is 11.5 Å². The van der Waals surface area contributed by atoms with Gasteiger partial charge in [0.15, 0.2) is 11.5 Å². The summed E-state index contributed by atoms with van der Waals surface area (Å²) in [6.07, 6.45) is 3.41. The van der Waals surface area contributed by atoms with Crippen LogP contribution in [0.15, 0.2) is 33.3 Å². The molecule has 1 aromatic carbocycles. The van der Waals surface area contributed by atoms with Crippen molar-refractivity contribution < 1.29 is 9.47 Å². The van der Waals surface area contributed by atoms with E-state index in [4.69, 9.17) is 9.47 Å². The van der Waals surface area contributed by atoms with Gasteiger partial charge in [-0.2, -0.15) is 5.10 Å². The lowest BCUT2D eigenvalue weighted by Crippen LogP contribution is -1.96.